The second-order valence-corrected chi connectivity index (χ2v) is 4.91. The van der Waals surface area contributed by atoms with E-state index in [1.54, 1.807) is 13.8 Å². The molecule has 0 radical (unpaired) electrons. The molecule has 0 spiro atoms. The van der Waals surface area contributed by atoms with Crippen molar-refractivity contribution in [3.63, 3.8) is 0 Å². The third kappa shape index (κ3) is 4.42. The van der Waals surface area contributed by atoms with Crippen LogP contribution in [0.4, 0.5) is 10.1 Å². The molecule has 6 nitrogen and oxygen atoms in total. The molecule has 0 saturated carbocycles. The number of hydrogen-bond donors (Lipinski definition) is 2. The Bertz CT molecular complexity index is 544. The van der Waals surface area contributed by atoms with E-state index >= 15 is 0 Å². The predicted molar refractivity (Wildman–Crippen MR) is 73.8 cm³/mol. The number of nitrogens with one attached hydrogen (secondary N) is 1. The standard InChI is InChI=1S/C14H18FNO5/c1-8(12(17)18)21-11-6-5-9(7-10(11)15)16-13(19)14(2,3)20-4/h5-8H,1-4H3,(H,16,19)(H,17,18). The van der Waals surface area contributed by atoms with Crippen molar-refractivity contribution in [2.75, 3.05) is 12.4 Å². The number of methoxy groups -OCH3 is 1. The zero-order valence-electron chi connectivity index (χ0n) is 12.3. The third-order valence-electron chi connectivity index (χ3n) is 2.90. The van der Waals surface area contributed by atoms with Crippen molar-refractivity contribution in [1.82, 2.24) is 0 Å². The minimum Gasteiger partial charge on any atom is -0.479 e. The molecular formula is C14H18FNO5. The summed E-state index contributed by atoms with van der Waals surface area (Å²) in [4.78, 5) is 22.5. The van der Waals surface area contributed by atoms with Crippen LogP contribution in [-0.4, -0.2) is 35.8 Å². The summed E-state index contributed by atoms with van der Waals surface area (Å²) in [7, 11) is 1.39. The normalized spacial score (nSPS) is 12.6. The van der Waals surface area contributed by atoms with Gasteiger partial charge in [0.05, 0.1) is 0 Å². The van der Waals surface area contributed by atoms with E-state index < -0.39 is 29.4 Å². The number of carbonyl (C=O) groups is 2. The molecule has 0 aliphatic rings. The SMILES string of the molecule is COC(C)(C)C(=O)Nc1ccc(OC(C)C(=O)O)c(F)c1. The van der Waals surface area contributed by atoms with Gasteiger partial charge in [-0.3, -0.25) is 4.79 Å². The minimum atomic E-state index is -1.20. The fourth-order valence-corrected chi connectivity index (χ4v) is 1.29. The zero-order valence-corrected chi connectivity index (χ0v) is 12.3. The van der Waals surface area contributed by atoms with Gasteiger partial charge in [-0.05, 0) is 32.9 Å². The third-order valence-corrected chi connectivity index (χ3v) is 2.90. The maximum Gasteiger partial charge on any atom is 0.344 e. The van der Waals surface area contributed by atoms with Crippen molar-refractivity contribution in [1.29, 1.82) is 0 Å². The van der Waals surface area contributed by atoms with E-state index in [0.29, 0.717) is 0 Å². The molecule has 1 amide bonds. The number of amides is 1. The van der Waals surface area contributed by atoms with E-state index in [9.17, 15) is 14.0 Å². The second-order valence-electron chi connectivity index (χ2n) is 4.91. The maximum absolute atomic E-state index is 13.8. The number of aliphatic carboxylic acids is 1. The first-order valence-corrected chi connectivity index (χ1v) is 6.23. The van der Waals surface area contributed by atoms with E-state index in [-0.39, 0.29) is 11.4 Å². The number of carboxylic acids is 1. The molecule has 2 N–H and O–H groups in total. The summed E-state index contributed by atoms with van der Waals surface area (Å²) in [6.07, 6.45) is -1.17. The molecular weight excluding hydrogens is 281 g/mol. The van der Waals surface area contributed by atoms with Crippen molar-refractivity contribution >= 4 is 17.6 Å². The Morgan fingerprint density at radius 2 is 2.00 bits per heavy atom. The summed E-state index contributed by atoms with van der Waals surface area (Å²) < 4.78 is 23.8. The van der Waals surface area contributed by atoms with Crippen molar-refractivity contribution < 1.29 is 28.6 Å². The van der Waals surface area contributed by atoms with Gasteiger partial charge >= 0.3 is 5.97 Å². The topological polar surface area (TPSA) is 84.9 Å². The van der Waals surface area contributed by atoms with Crippen LogP contribution in [0.5, 0.6) is 5.75 Å². The molecule has 0 aromatic heterocycles. The highest BCUT2D eigenvalue weighted by Gasteiger charge is 2.27. The highest BCUT2D eigenvalue weighted by molar-refractivity contribution is 5.96. The first-order chi connectivity index (χ1) is 9.67. The first-order valence-electron chi connectivity index (χ1n) is 6.23. The lowest BCUT2D eigenvalue weighted by Crippen LogP contribution is -2.38. The van der Waals surface area contributed by atoms with Crippen LogP contribution in [0.1, 0.15) is 20.8 Å². The molecule has 21 heavy (non-hydrogen) atoms. The number of hydrogen-bond acceptors (Lipinski definition) is 4. The summed E-state index contributed by atoms with van der Waals surface area (Å²) >= 11 is 0. The van der Waals surface area contributed by atoms with Gasteiger partial charge in [0.25, 0.3) is 5.91 Å². The van der Waals surface area contributed by atoms with Gasteiger partial charge in [-0.2, -0.15) is 0 Å². The quantitative estimate of drug-likeness (QED) is 0.839. The Morgan fingerprint density at radius 1 is 1.38 bits per heavy atom. The van der Waals surface area contributed by atoms with Gasteiger partial charge in [0.15, 0.2) is 17.7 Å². The summed E-state index contributed by atoms with van der Waals surface area (Å²) in [5.74, 6) is -2.60. The Balaban J connectivity index is 2.83. The summed E-state index contributed by atoms with van der Waals surface area (Å²) in [6.45, 7) is 4.44. The average Bonchev–Trinajstić information content (AvgIpc) is 2.41. The van der Waals surface area contributed by atoms with Gasteiger partial charge in [-0.15, -0.1) is 0 Å². The summed E-state index contributed by atoms with van der Waals surface area (Å²) in [5.41, 5.74) is -0.832. The first kappa shape index (κ1) is 16.9. The zero-order chi connectivity index (χ0) is 16.2. The molecule has 0 saturated heterocycles. The Hall–Kier alpha value is -2.15. The van der Waals surface area contributed by atoms with E-state index in [4.69, 9.17) is 14.6 Å². The van der Waals surface area contributed by atoms with Gasteiger partial charge in [0.1, 0.15) is 5.60 Å². The highest BCUT2D eigenvalue weighted by Crippen LogP contribution is 2.23. The summed E-state index contributed by atoms with van der Waals surface area (Å²) in [6, 6.07) is 3.72. The van der Waals surface area contributed by atoms with Crippen LogP contribution in [0.25, 0.3) is 0 Å². The molecule has 1 unspecified atom stereocenters. The van der Waals surface area contributed by atoms with Crippen LogP contribution in [0.2, 0.25) is 0 Å². The van der Waals surface area contributed by atoms with Gasteiger partial charge < -0.3 is 19.9 Å². The molecule has 1 rings (SSSR count). The molecule has 0 aliphatic heterocycles. The van der Waals surface area contributed by atoms with Gasteiger partial charge in [0.2, 0.25) is 0 Å². The molecule has 1 atom stereocenters. The van der Waals surface area contributed by atoms with Crippen LogP contribution >= 0.6 is 0 Å². The molecule has 0 heterocycles. The van der Waals surface area contributed by atoms with Crippen molar-refractivity contribution in [2.45, 2.75) is 32.5 Å². The van der Waals surface area contributed by atoms with Crippen molar-refractivity contribution in [3.8, 4) is 5.75 Å². The fourth-order valence-electron chi connectivity index (χ4n) is 1.29. The van der Waals surface area contributed by atoms with Crippen LogP contribution in [-0.2, 0) is 14.3 Å². The highest BCUT2D eigenvalue weighted by atomic mass is 19.1. The van der Waals surface area contributed by atoms with E-state index in [1.807, 2.05) is 0 Å². The summed E-state index contributed by atoms with van der Waals surface area (Å²) in [5, 5.41) is 11.2. The van der Waals surface area contributed by atoms with E-state index in [1.165, 1.54) is 26.2 Å². The lowest BCUT2D eigenvalue weighted by molar-refractivity contribution is -0.144. The largest absolute Gasteiger partial charge is 0.479 e. The molecule has 7 heteroatoms. The molecule has 116 valence electrons. The smallest absolute Gasteiger partial charge is 0.344 e. The predicted octanol–water partition coefficient (Wildman–Crippen LogP) is 2.04. The number of rotatable bonds is 6. The van der Waals surface area contributed by atoms with Crippen LogP contribution in [0.3, 0.4) is 0 Å². The van der Waals surface area contributed by atoms with Gasteiger partial charge in [-0.25, -0.2) is 9.18 Å². The number of halogens is 1. The second kappa shape index (κ2) is 6.53. The number of carboxylic acid groups (broad SMARTS) is 1. The molecule has 1 aromatic rings. The van der Waals surface area contributed by atoms with Gasteiger partial charge in [-0.1, -0.05) is 0 Å². The maximum atomic E-state index is 13.8. The molecule has 1 aromatic carbocycles. The minimum absolute atomic E-state index is 0.200. The van der Waals surface area contributed by atoms with Crippen molar-refractivity contribution in [2.24, 2.45) is 0 Å². The lowest BCUT2D eigenvalue weighted by atomic mass is 10.1. The van der Waals surface area contributed by atoms with Gasteiger partial charge in [0, 0.05) is 18.9 Å². The van der Waals surface area contributed by atoms with Crippen LogP contribution < -0.4 is 10.1 Å². The Labute approximate surface area is 121 Å². The fraction of sp³-hybridized carbons (Fsp3) is 0.429. The number of carbonyl (C=O) groups excluding carboxylic acids is 1. The van der Waals surface area contributed by atoms with Crippen molar-refractivity contribution in [3.05, 3.63) is 24.0 Å². The Morgan fingerprint density at radius 3 is 2.48 bits per heavy atom. The number of benzene rings is 1. The van der Waals surface area contributed by atoms with E-state index in [2.05, 4.69) is 5.32 Å². The number of ether oxygens (including phenoxy) is 2. The molecule has 0 bridgehead atoms. The molecule has 0 fully saturated rings. The number of anilines is 1. The average molecular weight is 299 g/mol. The monoisotopic (exact) mass is 299 g/mol. The van der Waals surface area contributed by atoms with Crippen LogP contribution in [0, 0.1) is 5.82 Å². The van der Waals surface area contributed by atoms with Crippen LogP contribution in [0.15, 0.2) is 18.2 Å². The van der Waals surface area contributed by atoms with E-state index in [0.717, 1.165) is 6.07 Å². The lowest BCUT2D eigenvalue weighted by Gasteiger charge is -2.21. The molecule has 0 aliphatic carbocycles. The Kier molecular flexibility index (Phi) is 5.26.